The minimum atomic E-state index is -0.244. The molecule has 0 fully saturated rings. The van der Waals surface area contributed by atoms with Crippen molar-refractivity contribution in [2.75, 3.05) is 23.8 Å². The van der Waals surface area contributed by atoms with Crippen LogP contribution < -0.4 is 10.2 Å². The van der Waals surface area contributed by atoms with E-state index in [1.165, 1.54) is 18.7 Å². The molecule has 0 bridgehead atoms. The molecule has 0 aromatic heterocycles. The summed E-state index contributed by atoms with van der Waals surface area (Å²) in [5.41, 5.74) is 2.15. The second-order valence-corrected chi connectivity index (χ2v) is 6.07. The van der Waals surface area contributed by atoms with Crippen molar-refractivity contribution >= 4 is 29.1 Å². The topological polar surface area (TPSA) is 69.7 Å². The second-order valence-electron chi connectivity index (χ2n) is 6.07. The largest absolute Gasteiger partial charge is 0.340 e. The van der Waals surface area contributed by atoms with Crippen LogP contribution in [0.5, 0.6) is 0 Å². The third-order valence-electron chi connectivity index (χ3n) is 3.84. The smallest absolute Gasteiger partial charge is 0.242 e. The summed E-state index contributed by atoms with van der Waals surface area (Å²) in [6.07, 6.45) is 0. The second kappa shape index (κ2) is 8.80. The Bertz CT molecular complexity index is 790. The predicted molar refractivity (Wildman–Crippen MR) is 102 cm³/mol. The van der Waals surface area contributed by atoms with E-state index >= 15 is 0 Å². The van der Waals surface area contributed by atoms with Gasteiger partial charge in [-0.25, -0.2) is 0 Å². The number of rotatable bonds is 6. The number of anilines is 2. The van der Waals surface area contributed by atoms with Crippen LogP contribution in [0.1, 0.15) is 19.4 Å². The van der Waals surface area contributed by atoms with E-state index in [0.717, 1.165) is 5.56 Å². The highest BCUT2D eigenvalue weighted by Crippen LogP contribution is 2.20. The van der Waals surface area contributed by atoms with Crippen molar-refractivity contribution in [3.8, 4) is 0 Å². The van der Waals surface area contributed by atoms with Crippen LogP contribution in [0.2, 0.25) is 0 Å². The van der Waals surface area contributed by atoms with Gasteiger partial charge < -0.3 is 15.1 Å². The number of hydrogen-bond donors (Lipinski definition) is 1. The number of benzene rings is 2. The number of carbonyl (C=O) groups is 3. The molecule has 2 rings (SSSR count). The Balaban J connectivity index is 2.11. The Morgan fingerprint density at radius 3 is 2.27 bits per heavy atom. The standard InChI is InChI=1S/C20H23N3O3/c1-15(24)21-18-10-7-11-19(12-18)23(16(2)25)14-20(26)22(3)13-17-8-5-4-6-9-17/h4-12H,13-14H2,1-3H3,(H,21,24). The molecule has 0 radical (unpaired) electrons. The van der Waals surface area contributed by atoms with Crippen LogP contribution in [-0.4, -0.2) is 36.2 Å². The van der Waals surface area contributed by atoms with Crippen LogP contribution in [0.3, 0.4) is 0 Å². The molecule has 6 heteroatoms. The summed E-state index contributed by atoms with van der Waals surface area (Å²) in [7, 11) is 1.71. The van der Waals surface area contributed by atoms with Crippen molar-refractivity contribution in [1.82, 2.24) is 4.90 Å². The number of amides is 3. The average Bonchev–Trinajstić information content (AvgIpc) is 2.59. The maximum atomic E-state index is 12.6. The van der Waals surface area contributed by atoms with E-state index in [4.69, 9.17) is 0 Å². The number of nitrogens with one attached hydrogen (secondary N) is 1. The van der Waals surface area contributed by atoms with Gasteiger partial charge in [0.2, 0.25) is 17.7 Å². The maximum absolute atomic E-state index is 12.6. The Hall–Kier alpha value is -3.15. The molecule has 26 heavy (non-hydrogen) atoms. The average molecular weight is 353 g/mol. The van der Waals surface area contributed by atoms with Gasteiger partial charge in [-0.3, -0.25) is 14.4 Å². The third-order valence-corrected chi connectivity index (χ3v) is 3.84. The summed E-state index contributed by atoms with van der Waals surface area (Å²) >= 11 is 0. The van der Waals surface area contributed by atoms with Gasteiger partial charge in [0.1, 0.15) is 6.54 Å². The van der Waals surface area contributed by atoms with Gasteiger partial charge in [0.15, 0.2) is 0 Å². The highest BCUT2D eigenvalue weighted by atomic mass is 16.2. The summed E-state index contributed by atoms with van der Waals surface area (Å²) < 4.78 is 0. The fraction of sp³-hybridized carbons (Fsp3) is 0.250. The molecule has 0 atom stereocenters. The first-order valence-electron chi connectivity index (χ1n) is 8.30. The van der Waals surface area contributed by atoms with Crippen molar-refractivity contribution < 1.29 is 14.4 Å². The predicted octanol–water partition coefficient (Wildman–Crippen LogP) is 2.66. The van der Waals surface area contributed by atoms with Gasteiger partial charge >= 0.3 is 0 Å². The van der Waals surface area contributed by atoms with Crippen LogP contribution in [0, 0.1) is 0 Å². The maximum Gasteiger partial charge on any atom is 0.242 e. The zero-order chi connectivity index (χ0) is 19.1. The lowest BCUT2D eigenvalue weighted by Crippen LogP contribution is -2.40. The van der Waals surface area contributed by atoms with Crippen LogP contribution in [0.15, 0.2) is 54.6 Å². The Morgan fingerprint density at radius 2 is 1.65 bits per heavy atom. The number of nitrogens with zero attached hydrogens (tertiary/aromatic N) is 2. The molecule has 0 unspecified atom stereocenters. The van der Waals surface area contributed by atoms with Gasteiger partial charge in [-0.05, 0) is 23.8 Å². The summed E-state index contributed by atoms with van der Waals surface area (Å²) in [6.45, 7) is 3.23. The van der Waals surface area contributed by atoms with Gasteiger partial charge in [-0.2, -0.15) is 0 Å². The Labute approximate surface area is 153 Å². The highest BCUT2D eigenvalue weighted by molar-refractivity contribution is 5.98. The molecule has 0 heterocycles. The normalized spacial score (nSPS) is 10.1. The number of carbonyl (C=O) groups excluding carboxylic acids is 3. The van der Waals surface area contributed by atoms with Gasteiger partial charge in [-0.1, -0.05) is 36.4 Å². The summed E-state index contributed by atoms with van der Waals surface area (Å²) in [5, 5.41) is 2.68. The molecule has 2 aromatic rings. The first kappa shape index (κ1) is 19.2. The first-order valence-corrected chi connectivity index (χ1v) is 8.30. The van der Waals surface area contributed by atoms with Crippen LogP contribution >= 0.6 is 0 Å². The number of hydrogen-bond acceptors (Lipinski definition) is 3. The number of likely N-dealkylation sites (N-methyl/N-ethyl adjacent to an activating group) is 1. The lowest BCUT2D eigenvalue weighted by atomic mass is 10.2. The van der Waals surface area contributed by atoms with Crippen LogP contribution in [0.4, 0.5) is 11.4 Å². The van der Waals surface area contributed by atoms with Crippen molar-refractivity contribution in [1.29, 1.82) is 0 Å². The Morgan fingerprint density at radius 1 is 0.962 bits per heavy atom. The molecule has 0 spiro atoms. The first-order chi connectivity index (χ1) is 12.4. The summed E-state index contributed by atoms with van der Waals surface area (Å²) in [6, 6.07) is 16.5. The molecule has 6 nitrogen and oxygen atoms in total. The molecular formula is C20H23N3O3. The van der Waals surface area contributed by atoms with E-state index in [9.17, 15) is 14.4 Å². The fourth-order valence-corrected chi connectivity index (χ4v) is 2.54. The lowest BCUT2D eigenvalue weighted by molar-refractivity contribution is -0.130. The molecular weight excluding hydrogens is 330 g/mol. The third kappa shape index (κ3) is 5.44. The molecule has 0 aliphatic heterocycles. The van der Waals surface area contributed by atoms with E-state index in [2.05, 4.69) is 5.32 Å². The van der Waals surface area contributed by atoms with Crippen molar-refractivity contribution in [3.05, 3.63) is 60.2 Å². The molecule has 0 saturated heterocycles. The molecule has 2 aromatic carbocycles. The minimum Gasteiger partial charge on any atom is -0.340 e. The zero-order valence-corrected chi connectivity index (χ0v) is 15.2. The molecule has 0 saturated carbocycles. The van der Waals surface area contributed by atoms with Crippen molar-refractivity contribution in [2.45, 2.75) is 20.4 Å². The van der Waals surface area contributed by atoms with E-state index < -0.39 is 0 Å². The monoisotopic (exact) mass is 353 g/mol. The van der Waals surface area contributed by atoms with Gasteiger partial charge in [0, 0.05) is 38.8 Å². The quantitative estimate of drug-likeness (QED) is 0.868. The SMILES string of the molecule is CC(=O)Nc1cccc(N(CC(=O)N(C)Cc2ccccc2)C(C)=O)c1. The highest BCUT2D eigenvalue weighted by Gasteiger charge is 2.19. The molecule has 3 amide bonds. The lowest BCUT2D eigenvalue weighted by Gasteiger charge is -2.25. The fourth-order valence-electron chi connectivity index (χ4n) is 2.54. The van der Waals surface area contributed by atoms with Gasteiger partial charge in [0.05, 0.1) is 0 Å². The van der Waals surface area contributed by atoms with Crippen molar-refractivity contribution in [2.24, 2.45) is 0 Å². The Kier molecular flexibility index (Phi) is 6.49. The van der Waals surface area contributed by atoms with E-state index in [1.807, 2.05) is 30.3 Å². The van der Waals surface area contributed by atoms with Crippen molar-refractivity contribution in [3.63, 3.8) is 0 Å². The van der Waals surface area contributed by atoms with Gasteiger partial charge in [-0.15, -0.1) is 0 Å². The zero-order valence-electron chi connectivity index (χ0n) is 15.2. The van der Waals surface area contributed by atoms with Crippen LogP contribution in [0.25, 0.3) is 0 Å². The van der Waals surface area contributed by atoms with E-state index in [1.54, 1.807) is 36.2 Å². The molecule has 1 N–H and O–H groups in total. The summed E-state index contributed by atoms with van der Waals surface area (Å²) in [4.78, 5) is 38.8. The van der Waals surface area contributed by atoms with E-state index in [-0.39, 0.29) is 24.3 Å². The molecule has 0 aliphatic carbocycles. The minimum absolute atomic E-state index is 0.0673. The van der Waals surface area contributed by atoms with E-state index in [0.29, 0.717) is 17.9 Å². The van der Waals surface area contributed by atoms with Gasteiger partial charge in [0.25, 0.3) is 0 Å². The van der Waals surface area contributed by atoms with Crippen LogP contribution in [-0.2, 0) is 20.9 Å². The molecule has 136 valence electrons. The molecule has 0 aliphatic rings. The summed E-state index contributed by atoms with van der Waals surface area (Å²) in [5.74, 6) is -0.615.